The molecule has 0 aliphatic carbocycles. The van der Waals surface area contributed by atoms with E-state index in [-0.39, 0.29) is 10.9 Å². The summed E-state index contributed by atoms with van der Waals surface area (Å²) in [5.41, 5.74) is 2.05. The SMILES string of the molecule is Cn1cc2c(n1)CCn1c-2nc2c(Br)cc(F)cc2c1=O. The van der Waals surface area contributed by atoms with Crippen LogP contribution in [0.2, 0.25) is 0 Å². The Hall–Kier alpha value is -2.02. The number of hydrogen-bond acceptors (Lipinski definition) is 3. The molecule has 0 unspecified atom stereocenters. The van der Waals surface area contributed by atoms with Crippen LogP contribution in [0.1, 0.15) is 5.69 Å². The molecule has 0 saturated carbocycles. The normalized spacial score (nSPS) is 13.3. The van der Waals surface area contributed by atoms with Gasteiger partial charge in [0.05, 0.1) is 22.2 Å². The maximum atomic E-state index is 13.5. The summed E-state index contributed by atoms with van der Waals surface area (Å²) in [5, 5.41) is 4.68. The van der Waals surface area contributed by atoms with Gasteiger partial charge in [0.1, 0.15) is 11.6 Å². The van der Waals surface area contributed by atoms with Crippen molar-refractivity contribution in [2.45, 2.75) is 13.0 Å². The average molecular weight is 349 g/mol. The molecule has 1 aliphatic rings. The third-order valence-corrected chi connectivity index (χ3v) is 4.30. The number of fused-ring (bicyclic) bond motifs is 4. The Labute approximate surface area is 127 Å². The van der Waals surface area contributed by atoms with E-state index in [1.165, 1.54) is 12.1 Å². The molecule has 0 atom stereocenters. The molecular formula is C14H10BrFN4O. The fourth-order valence-corrected chi connectivity index (χ4v) is 3.31. The monoisotopic (exact) mass is 348 g/mol. The summed E-state index contributed by atoms with van der Waals surface area (Å²) in [6, 6.07) is 2.56. The fourth-order valence-electron chi connectivity index (χ4n) is 2.79. The van der Waals surface area contributed by atoms with E-state index in [0.717, 1.165) is 11.3 Å². The molecule has 0 radical (unpaired) electrons. The largest absolute Gasteiger partial charge is 0.292 e. The van der Waals surface area contributed by atoms with Gasteiger partial charge in [-0.1, -0.05) is 0 Å². The van der Waals surface area contributed by atoms with Gasteiger partial charge in [-0.2, -0.15) is 5.10 Å². The first-order valence-corrected chi connectivity index (χ1v) is 7.26. The number of nitrogens with zero attached hydrogens (tertiary/aromatic N) is 4. The first kappa shape index (κ1) is 12.7. The summed E-state index contributed by atoms with van der Waals surface area (Å²) < 4.78 is 17.3. The molecule has 1 aromatic carbocycles. The average Bonchev–Trinajstić information content (AvgIpc) is 2.81. The van der Waals surface area contributed by atoms with E-state index < -0.39 is 5.82 Å². The van der Waals surface area contributed by atoms with Crippen molar-refractivity contribution in [3.05, 3.63) is 44.7 Å². The molecule has 0 saturated heterocycles. The minimum atomic E-state index is -0.452. The van der Waals surface area contributed by atoms with Gasteiger partial charge in [-0.25, -0.2) is 9.37 Å². The number of halogens is 2. The molecule has 106 valence electrons. The molecule has 3 heterocycles. The maximum absolute atomic E-state index is 13.5. The number of benzene rings is 1. The molecule has 4 rings (SSSR count). The van der Waals surface area contributed by atoms with Gasteiger partial charge in [-0.05, 0) is 28.1 Å². The number of aromatic nitrogens is 4. The summed E-state index contributed by atoms with van der Waals surface area (Å²) in [7, 11) is 1.84. The predicted molar refractivity (Wildman–Crippen MR) is 79.6 cm³/mol. The van der Waals surface area contributed by atoms with Gasteiger partial charge in [0.25, 0.3) is 5.56 Å². The van der Waals surface area contributed by atoms with Crippen molar-refractivity contribution in [1.82, 2.24) is 19.3 Å². The summed E-state index contributed by atoms with van der Waals surface area (Å²) >= 11 is 3.28. The van der Waals surface area contributed by atoms with Gasteiger partial charge in [0.2, 0.25) is 0 Å². The Kier molecular flexibility index (Phi) is 2.56. The second kappa shape index (κ2) is 4.24. The molecule has 0 N–H and O–H groups in total. The highest BCUT2D eigenvalue weighted by atomic mass is 79.9. The molecule has 0 bridgehead atoms. The summed E-state index contributed by atoms with van der Waals surface area (Å²) in [4.78, 5) is 17.2. The van der Waals surface area contributed by atoms with E-state index in [4.69, 9.17) is 0 Å². The highest BCUT2D eigenvalue weighted by Gasteiger charge is 2.23. The van der Waals surface area contributed by atoms with E-state index in [9.17, 15) is 9.18 Å². The maximum Gasteiger partial charge on any atom is 0.261 e. The molecule has 5 nitrogen and oxygen atoms in total. The van der Waals surface area contributed by atoms with Crippen molar-refractivity contribution in [3.8, 4) is 11.4 Å². The lowest BCUT2D eigenvalue weighted by Gasteiger charge is -2.17. The Morgan fingerprint density at radius 3 is 3.00 bits per heavy atom. The standard InChI is InChI=1S/C14H10BrFN4O/c1-19-6-9-11(18-19)2-3-20-13(9)17-12-8(14(20)21)4-7(16)5-10(12)15/h4-6H,2-3H2,1H3. The molecule has 2 aromatic heterocycles. The van der Waals surface area contributed by atoms with E-state index in [1.807, 2.05) is 13.2 Å². The van der Waals surface area contributed by atoms with Crippen LogP contribution < -0.4 is 5.56 Å². The Morgan fingerprint density at radius 1 is 1.38 bits per heavy atom. The third kappa shape index (κ3) is 1.77. The first-order chi connectivity index (χ1) is 10.0. The smallest absolute Gasteiger partial charge is 0.261 e. The zero-order chi connectivity index (χ0) is 14.7. The lowest BCUT2D eigenvalue weighted by atomic mass is 10.1. The van der Waals surface area contributed by atoms with Crippen LogP contribution in [0.5, 0.6) is 0 Å². The lowest BCUT2D eigenvalue weighted by Crippen LogP contribution is -2.27. The number of rotatable bonds is 0. The molecule has 1 aliphatic heterocycles. The van der Waals surface area contributed by atoms with Crippen molar-refractivity contribution in [3.63, 3.8) is 0 Å². The zero-order valence-corrected chi connectivity index (χ0v) is 12.7. The number of hydrogen-bond donors (Lipinski definition) is 0. The molecule has 21 heavy (non-hydrogen) atoms. The van der Waals surface area contributed by atoms with Crippen molar-refractivity contribution < 1.29 is 4.39 Å². The van der Waals surface area contributed by atoms with Crippen molar-refractivity contribution in [2.24, 2.45) is 7.05 Å². The topological polar surface area (TPSA) is 52.7 Å². The zero-order valence-electron chi connectivity index (χ0n) is 11.1. The van der Waals surface area contributed by atoms with Crippen LogP contribution in [0.25, 0.3) is 22.3 Å². The third-order valence-electron chi connectivity index (χ3n) is 3.70. The minimum absolute atomic E-state index is 0.218. The minimum Gasteiger partial charge on any atom is -0.292 e. The molecule has 3 aromatic rings. The van der Waals surface area contributed by atoms with Crippen LogP contribution >= 0.6 is 15.9 Å². The lowest BCUT2D eigenvalue weighted by molar-refractivity contribution is 0.623. The predicted octanol–water partition coefficient (Wildman–Crippen LogP) is 2.25. The van der Waals surface area contributed by atoms with Crippen LogP contribution in [-0.2, 0) is 20.0 Å². The number of aryl methyl sites for hydroxylation is 2. The summed E-state index contributed by atoms with van der Waals surface area (Å²) in [5.74, 6) is 0.140. The molecular weight excluding hydrogens is 339 g/mol. The van der Waals surface area contributed by atoms with Gasteiger partial charge in [0.15, 0.2) is 0 Å². The molecule has 0 fully saturated rings. The van der Waals surface area contributed by atoms with E-state index >= 15 is 0 Å². The first-order valence-electron chi connectivity index (χ1n) is 6.47. The molecule has 7 heteroatoms. The van der Waals surface area contributed by atoms with E-state index in [0.29, 0.717) is 28.8 Å². The van der Waals surface area contributed by atoms with Crippen LogP contribution in [0.15, 0.2) is 27.6 Å². The van der Waals surface area contributed by atoms with Crippen molar-refractivity contribution in [2.75, 3.05) is 0 Å². The van der Waals surface area contributed by atoms with Gasteiger partial charge >= 0.3 is 0 Å². The second-order valence-corrected chi connectivity index (χ2v) is 5.94. The van der Waals surface area contributed by atoms with Gasteiger partial charge < -0.3 is 0 Å². The van der Waals surface area contributed by atoms with Crippen LogP contribution in [0.3, 0.4) is 0 Å². The Bertz CT molecular complexity index is 960. The van der Waals surface area contributed by atoms with Crippen LogP contribution in [0.4, 0.5) is 4.39 Å². The Balaban J connectivity index is 2.15. The van der Waals surface area contributed by atoms with Crippen molar-refractivity contribution >= 4 is 26.8 Å². The highest BCUT2D eigenvalue weighted by Crippen LogP contribution is 2.29. The highest BCUT2D eigenvalue weighted by molar-refractivity contribution is 9.10. The van der Waals surface area contributed by atoms with Crippen molar-refractivity contribution in [1.29, 1.82) is 0 Å². The van der Waals surface area contributed by atoms with E-state index in [2.05, 4.69) is 26.0 Å². The van der Waals surface area contributed by atoms with Gasteiger partial charge in [-0.3, -0.25) is 14.0 Å². The van der Waals surface area contributed by atoms with E-state index in [1.54, 1.807) is 9.25 Å². The van der Waals surface area contributed by atoms with Gasteiger partial charge in [-0.15, -0.1) is 0 Å². The second-order valence-electron chi connectivity index (χ2n) is 5.09. The molecule has 0 spiro atoms. The van der Waals surface area contributed by atoms with Crippen LogP contribution in [-0.4, -0.2) is 19.3 Å². The quantitative estimate of drug-likeness (QED) is 0.626. The summed E-state index contributed by atoms with van der Waals surface area (Å²) in [6.45, 7) is 0.509. The summed E-state index contributed by atoms with van der Waals surface area (Å²) in [6.07, 6.45) is 2.53. The molecule has 0 amide bonds. The fraction of sp³-hybridized carbons (Fsp3) is 0.214. The van der Waals surface area contributed by atoms with Crippen LogP contribution in [0, 0.1) is 5.82 Å². The van der Waals surface area contributed by atoms with Gasteiger partial charge in [0, 0.05) is 30.7 Å². The Morgan fingerprint density at radius 2 is 2.19 bits per heavy atom.